The first-order chi connectivity index (χ1) is 8.37. The minimum Gasteiger partial charge on any atom is -0.421 e. The molecule has 18 heavy (non-hydrogen) atoms. The predicted molar refractivity (Wildman–Crippen MR) is 49.3 cm³/mol. The SMILES string of the molecule is O=C=NNc1cccc2c1OC(F)(F)C(F)(F)O2. The van der Waals surface area contributed by atoms with Gasteiger partial charge in [-0.15, -0.1) is 0 Å². The third-order valence-electron chi connectivity index (χ3n) is 2.01. The molecule has 0 fully saturated rings. The van der Waals surface area contributed by atoms with E-state index in [9.17, 15) is 22.4 Å². The number of hydrogen-bond acceptors (Lipinski definition) is 5. The van der Waals surface area contributed by atoms with Gasteiger partial charge in [0.2, 0.25) is 0 Å². The lowest BCUT2D eigenvalue weighted by Gasteiger charge is -2.32. The topological polar surface area (TPSA) is 59.9 Å². The lowest BCUT2D eigenvalue weighted by molar-refractivity contribution is -0.391. The molecule has 1 aliphatic rings. The van der Waals surface area contributed by atoms with Gasteiger partial charge in [-0.05, 0) is 12.1 Å². The van der Waals surface area contributed by atoms with Crippen molar-refractivity contribution in [2.24, 2.45) is 5.10 Å². The Balaban J connectivity index is 2.46. The molecular weight excluding hydrogens is 260 g/mol. The number of halogens is 4. The second-order valence-corrected chi connectivity index (χ2v) is 3.19. The first kappa shape index (κ1) is 12.2. The Bertz CT molecular complexity index is 529. The number of hydrazone groups is 1. The molecule has 0 aromatic heterocycles. The van der Waals surface area contributed by atoms with Crippen molar-refractivity contribution in [3.8, 4) is 11.5 Å². The van der Waals surface area contributed by atoms with E-state index < -0.39 is 23.7 Å². The smallest absolute Gasteiger partial charge is 0.421 e. The van der Waals surface area contributed by atoms with Crippen LogP contribution in [-0.4, -0.2) is 18.3 Å². The largest absolute Gasteiger partial charge is 0.507 e. The molecule has 0 atom stereocenters. The highest BCUT2D eigenvalue weighted by atomic mass is 19.3. The van der Waals surface area contributed by atoms with Gasteiger partial charge in [0.25, 0.3) is 6.08 Å². The molecule has 0 radical (unpaired) electrons. The lowest BCUT2D eigenvalue weighted by atomic mass is 10.2. The number of nitrogens with one attached hydrogen (secondary N) is 1. The molecular formula is C9H4F4N2O3. The van der Waals surface area contributed by atoms with Crippen LogP contribution in [0, 0.1) is 0 Å². The monoisotopic (exact) mass is 264 g/mol. The van der Waals surface area contributed by atoms with Gasteiger partial charge < -0.3 is 9.47 Å². The molecule has 0 saturated carbocycles. The molecule has 2 rings (SSSR count). The second kappa shape index (κ2) is 3.88. The number of alkyl halides is 4. The van der Waals surface area contributed by atoms with Crippen LogP contribution in [0.2, 0.25) is 0 Å². The van der Waals surface area contributed by atoms with Crippen molar-refractivity contribution in [3.63, 3.8) is 0 Å². The number of rotatable bonds is 2. The molecule has 0 amide bonds. The molecule has 0 unspecified atom stereocenters. The number of para-hydroxylation sites is 1. The summed E-state index contributed by atoms with van der Waals surface area (Å²) < 4.78 is 59.3. The van der Waals surface area contributed by atoms with Crippen molar-refractivity contribution >= 4 is 11.8 Å². The fraction of sp³-hybridized carbons (Fsp3) is 0.222. The van der Waals surface area contributed by atoms with Gasteiger partial charge in [-0.2, -0.15) is 17.6 Å². The van der Waals surface area contributed by atoms with Gasteiger partial charge in [0, 0.05) is 0 Å². The molecule has 1 heterocycles. The van der Waals surface area contributed by atoms with Gasteiger partial charge in [-0.3, -0.25) is 5.43 Å². The van der Waals surface area contributed by atoms with Crippen LogP contribution in [0.1, 0.15) is 0 Å². The molecule has 9 heteroatoms. The van der Waals surface area contributed by atoms with E-state index in [4.69, 9.17) is 0 Å². The van der Waals surface area contributed by atoms with Gasteiger partial charge in [0.05, 0.1) is 0 Å². The summed E-state index contributed by atoms with van der Waals surface area (Å²) in [6.45, 7) is 0. The number of anilines is 1. The maximum absolute atomic E-state index is 12.9. The number of hydrogen-bond donors (Lipinski definition) is 1. The third-order valence-corrected chi connectivity index (χ3v) is 2.01. The summed E-state index contributed by atoms with van der Waals surface area (Å²) in [5.41, 5.74) is 1.78. The van der Waals surface area contributed by atoms with E-state index in [1.165, 1.54) is 12.1 Å². The van der Waals surface area contributed by atoms with Crippen molar-refractivity contribution in [3.05, 3.63) is 18.2 Å². The summed E-state index contributed by atoms with van der Waals surface area (Å²) in [6, 6.07) is 3.42. The van der Waals surface area contributed by atoms with Crippen LogP contribution in [0.4, 0.5) is 23.2 Å². The van der Waals surface area contributed by atoms with Crippen LogP contribution in [0.25, 0.3) is 0 Å². The van der Waals surface area contributed by atoms with Gasteiger partial charge >= 0.3 is 12.2 Å². The minimum absolute atomic E-state index is 0.231. The van der Waals surface area contributed by atoms with Crippen LogP contribution >= 0.6 is 0 Å². The molecule has 1 aliphatic heterocycles. The molecule has 0 aliphatic carbocycles. The Morgan fingerprint density at radius 1 is 1.17 bits per heavy atom. The standard InChI is InChI=1S/C9H4F4N2O3/c10-8(11)9(12,13)18-7-5(15-14-4-16)2-1-3-6(7)17-8/h1-3,15H. The van der Waals surface area contributed by atoms with Gasteiger partial charge in [-0.25, -0.2) is 4.79 Å². The molecule has 0 spiro atoms. The summed E-state index contributed by atoms with van der Waals surface area (Å²) in [5, 5.41) is 2.91. The number of isocyanates is 1. The zero-order valence-electron chi connectivity index (χ0n) is 8.42. The van der Waals surface area contributed by atoms with Crippen LogP contribution in [0.3, 0.4) is 0 Å². The Morgan fingerprint density at radius 3 is 2.50 bits per heavy atom. The maximum atomic E-state index is 12.9. The van der Waals surface area contributed by atoms with Crippen molar-refractivity contribution in [2.75, 3.05) is 5.43 Å². The van der Waals surface area contributed by atoms with Crippen LogP contribution < -0.4 is 14.9 Å². The van der Waals surface area contributed by atoms with Gasteiger partial charge in [0.1, 0.15) is 5.69 Å². The summed E-state index contributed by atoms with van der Waals surface area (Å²) in [7, 11) is 0. The average Bonchev–Trinajstić information content (AvgIpc) is 2.27. The number of fused-ring (bicyclic) bond motifs is 1. The van der Waals surface area contributed by atoms with Crippen LogP contribution in [0.15, 0.2) is 23.3 Å². The third kappa shape index (κ3) is 1.84. The quantitative estimate of drug-likeness (QED) is 0.385. The van der Waals surface area contributed by atoms with Crippen molar-refractivity contribution in [2.45, 2.75) is 12.2 Å². The normalized spacial score (nSPS) is 18.7. The zero-order chi connectivity index (χ0) is 13.4. The van der Waals surface area contributed by atoms with E-state index in [1.54, 1.807) is 0 Å². The van der Waals surface area contributed by atoms with E-state index in [1.807, 2.05) is 5.43 Å². The van der Waals surface area contributed by atoms with Crippen molar-refractivity contribution < 1.29 is 31.8 Å². The Kier molecular flexibility index (Phi) is 2.63. The van der Waals surface area contributed by atoms with Crippen LogP contribution in [-0.2, 0) is 4.79 Å². The fourth-order valence-corrected chi connectivity index (χ4v) is 1.26. The Morgan fingerprint density at radius 2 is 1.83 bits per heavy atom. The maximum Gasteiger partial charge on any atom is 0.507 e. The highest BCUT2D eigenvalue weighted by Gasteiger charge is 2.66. The zero-order valence-corrected chi connectivity index (χ0v) is 8.42. The van der Waals surface area contributed by atoms with E-state index in [2.05, 4.69) is 14.6 Å². The Hall–Kier alpha value is -2.28. The lowest BCUT2D eigenvalue weighted by Crippen LogP contribution is -2.52. The highest BCUT2D eigenvalue weighted by Crippen LogP contribution is 2.49. The highest BCUT2D eigenvalue weighted by molar-refractivity contribution is 5.64. The summed E-state index contributed by atoms with van der Waals surface area (Å²) >= 11 is 0. The molecule has 1 aromatic rings. The van der Waals surface area contributed by atoms with E-state index in [0.29, 0.717) is 0 Å². The van der Waals surface area contributed by atoms with Crippen molar-refractivity contribution in [1.29, 1.82) is 0 Å². The first-order valence-corrected chi connectivity index (χ1v) is 4.47. The molecule has 96 valence electrons. The molecule has 5 nitrogen and oxygen atoms in total. The Labute approximate surface area is 97.0 Å². The summed E-state index contributed by atoms with van der Waals surface area (Å²) in [6.07, 6.45) is -8.52. The van der Waals surface area contributed by atoms with E-state index in [-0.39, 0.29) is 5.69 Å². The summed E-state index contributed by atoms with van der Waals surface area (Å²) in [5.74, 6) is -1.27. The predicted octanol–water partition coefficient (Wildman–Crippen LogP) is 2.31. The molecule has 0 saturated heterocycles. The number of benzene rings is 1. The first-order valence-electron chi connectivity index (χ1n) is 4.47. The number of ether oxygens (including phenoxy) is 2. The minimum atomic E-state index is -4.83. The molecule has 0 bridgehead atoms. The van der Waals surface area contributed by atoms with Crippen LogP contribution in [0.5, 0.6) is 11.5 Å². The second-order valence-electron chi connectivity index (χ2n) is 3.19. The molecule has 1 N–H and O–H groups in total. The van der Waals surface area contributed by atoms with Gasteiger partial charge in [0.15, 0.2) is 11.5 Å². The van der Waals surface area contributed by atoms with Crippen molar-refractivity contribution in [1.82, 2.24) is 0 Å². The average molecular weight is 264 g/mol. The van der Waals surface area contributed by atoms with E-state index >= 15 is 0 Å². The van der Waals surface area contributed by atoms with E-state index in [0.717, 1.165) is 12.1 Å². The number of carbonyl (C=O) groups excluding carboxylic acids is 1. The van der Waals surface area contributed by atoms with Gasteiger partial charge in [-0.1, -0.05) is 11.2 Å². The fourth-order valence-electron chi connectivity index (χ4n) is 1.26. The number of nitrogens with zero attached hydrogens (tertiary/aromatic N) is 1. The summed E-state index contributed by atoms with van der Waals surface area (Å²) in [4.78, 5) is 9.88. The molecule has 1 aromatic carbocycles.